The summed E-state index contributed by atoms with van der Waals surface area (Å²) in [6, 6.07) is 6.77. The molecule has 0 spiro atoms. The van der Waals surface area contributed by atoms with Gasteiger partial charge in [0, 0.05) is 13.3 Å². The van der Waals surface area contributed by atoms with Gasteiger partial charge < -0.3 is 14.9 Å². The fourth-order valence-corrected chi connectivity index (χ4v) is 2.26. The van der Waals surface area contributed by atoms with Crippen molar-refractivity contribution < 1.29 is 19.7 Å². The van der Waals surface area contributed by atoms with Gasteiger partial charge >= 0.3 is 5.97 Å². The van der Waals surface area contributed by atoms with Crippen LogP contribution >= 0.6 is 0 Å². The van der Waals surface area contributed by atoms with Crippen molar-refractivity contribution in [3.05, 3.63) is 29.8 Å². The summed E-state index contributed by atoms with van der Waals surface area (Å²) < 4.78 is 4.92. The van der Waals surface area contributed by atoms with E-state index in [2.05, 4.69) is 0 Å². The molecule has 2 unspecified atom stereocenters. The summed E-state index contributed by atoms with van der Waals surface area (Å²) in [7, 11) is 0. The van der Waals surface area contributed by atoms with Crippen LogP contribution < -0.4 is 4.74 Å². The van der Waals surface area contributed by atoms with Crippen molar-refractivity contribution in [2.24, 2.45) is 0 Å². The SMILES string of the molecule is CC(=O)Oc1ccc(C2(O)CCC(O)C2)cc1. The number of benzene rings is 1. The molecule has 2 N–H and O–H groups in total. The van der Waals surface area contributed by atoms with Crippen molar-refractivity contribution in [3.63, 3.8) is 0 Å². The number of hydrogen-bond acceptors (Lipinski definition) is 4. The molecule has 0 amide bonds. The number of carbonyl (C=O) groups excluding carboxylic acids is 1. The first-order valence-electron chi connectivity index (χ1n) is 5.69. The maximum atomic E-state index is 10.8. The van der Waals surface area contributed by atoms with Gasteiger partial charge in [-0.25, -0.2) is 0 Å². The number of ether oxygens (including phenoxy) is 1. The maximum absolute atomic E-state index is 10.8. The second-order valence-electron chi connectivity index (χ2n) is 4.55. The average Bonchev–Trinajstić information content (AvgIpc) is 2.60. The molecule has 1 aromatic rings. The lowest BCUT2D eigenvalue weighted by Gasteiger charge is -2.22. The minimum atomic E-state index is -0.950. The average molecular weight is 236 g/mol. The molecule has 0 aliphatic heterocycles. The van der Waals surface area contributed by atoms with Crippen LogP contribution in [0.1, 0.15) is 31.7 Å². The Balaban J connectivity index is 2.15. The Morgan fingerprint density at radius 2 is 2.06 bits per heavy atom. The van der Waals surface area contributed by atoms with Crippen LogP contribution in [-0.4, -0.2) is 22.3 Å². The summed E-state index contributed by atoms with van der Waals surface area (Å²) in [6.45, 7) is 1.34. The summed E-state index contributed by atoms with van der Waals surface area (Å²) in [5.74, 6) is 0.0937. The molecular formula is C13H16O4. The molecule has 0 aromatic heterocycles. The highest BCUT2D eigenvalue weighted by Crippen LogP contribution is 2.39. The summed E-state index contributed by atoms with van der Waals surface area (Å²) in [5.41, 5.74) is -0.196. The Morgan fingerprint density at radius 1 is 1.41 bits per heavy atom. The molecule has 1 aliphatic carbocycles. The summed E-state index contributed by atoms with van der Waals surface area (Å²) in [4.78, 5) is 10.8. The third-order valence-corrected chi connectivity index (χ3v) is 3.12. The zero-order valence-electron chi connectivity index (χ0n) is 9.72. The minimum Gasteiger partial charge on any atom is -0.427 e. The third-order valence-electron chi connectivity index (χ3n) is 3.12. The number of carbonyl (C=O) groups is 1. The molecule has 4 heteroatoms. The fourth-order valence-electron chi connectivity index (χ4n) is 2.26. The highest BCUT2D eigenvalue weighted by Gasteiger charge is 2.37. The molecule has 17 heavy (non-hydrogen) atoms. The van der Waals surface area contributed by atoms with Gasteiger partial charge in [-0.15, -0.1) is 0 Å². The third kappa shape index (κ3) is 2.65. The standard InChI is InChI=1S/C13H16O4/c1-9(14)17-12-4-2-10(3-5-12)13(16)7-6-11(15)8-13/h2-5,11,15-16H,6-8H2,1H3. The lowest BCUT2D eigenvalue weighted by molar-refractivity contribution is -0.131. The van der Waals surface area contributed by atoms with E-state index in [9.17, 15) is 15.0 Å². The molecule has 1 saturated carbocycles. The fraction of sp³-hybridized carbons (Fsp3) is 0.462. The van der Waals surface area contributed by atoms with Gasteiger partial charge in [0.2, 0.25) is 0 Å². The Morgan fingerprint density at radius 3 is 2.53 bits per heavy atom. The number of aliphatic hydroxyl groups is 2. The Kier molecular flexibility index (Phi) is 3.17. The summed E-state index contributed by atoms with van der Waals surface area (Å²) >= 11 is 0. The molecule has 1 fully saturated rings. The van der Waals surface area contributed by atoms with Crippen molar-refractivity contribution in [1.82, 2.24) is 0 Å². The molecule has 1 aliphatic rings. The molecule has 92 valence electrons. The Bertz CT molecular complexity index is 412. The molecule has 0 saturated heterocycles. The lowest BCUT2D eigenvalue weighted by atomic mass is 9.92. The predicted molar refractivity (Wildman–Crippen MR) is 61.5 cm³/mol. The Hall–Kier alpha value is -1.39. The first kappa shape index (κ1) is 12.1. The van der Waals surface area contributed by atoms with Crippen LogP contribution in [-0.2, 0) is 10.4 Å². The molecule has 2 atom stereocenters. The number of esters is 1. The second-order valence-corrected chi connectivity index (χ2v) is 4.55. The van der Waals surface area contributed by atoms with Gasteiger partial charge in [0.1, 0.15) is 5.75 Å². The minimum absolute atomic E-state index is 0.361. The number of rotatable bonds is 2. The molecule has 0 radical (unpaired) electrons. The van der Waals surface area contributed by atoms with Crippen LogP contribution in [0.3, 0.4) is 0 Å². The van der Waals surface area contributed by atoms with E-state index in [4.69, 9.17) is 4.74 Å². The second kappa shape index (κ2) is 4.47. The summed E-state index contributed by atoms with van der Waals surface area (Å²) in [6.07, 6.45) is 1.09. The van der Waals surface area contributed by atoms with Crippen LogP contribution in [0.4, 0.5) is 0 Å². The van der Waals surface area contributed by atoms with E-state index in [-0.39, 0.29) is 5.97 Å². The van der Waals surface area contributed by atoms with Crippen LogP contribution in [0.25, 0.3) is 0 Å². The topological polar surface area (TPSA) is 66.8 Å². The van der Waals surface area contributed by atoms with Gasteiger partial charge in [0.15, 0.2) is 0 Å². The zero-order valence-corrected chi connectivity index (χ0v) is 9.72. The highest BCUT2D eigenvalue weighted by atomic mass is 16.5. The van der Waals surface area contributed by atoms with Crippen LogP contribution in [0.15, 0.2) is 24.3 Å². The van der Waals surface area contributed by atoms with E-state index >= 15 is 0 Å². The van der Waals surface area contributed by atoms with Gasteiger partial charge in [0.05, 0.1) is 11.7 Å². The highest BCUT2D eigenvalue weighted by molar-refractivity contribution is 5.69. The molecular weight excluding hydrogens is 220 g/mol. The summed E-state index contributed by atoms with van der Waals surface area (Å²) in [5, 5.41) is 19.8. The van der Waals surface area contributed by atoms with Crippen molar-refractivity contribution >= 4 is 5.97 Å². The van der Waals surface area contributed by atoms with E-state index in [1.165, 1.54) is 6.92 Å². The van der Waals surface area contributed by atoms with Crippen LogP contribution in [0.5, 0.6) is 5.75 Å². The van der Waals surface area contributed by atoms with Crippen LogP contribution in [0.2, 0.25) is 0 Å². The van der Waals surface area contributed by atoms with Gasteiger partial charge in [0.25, 0.3) is 0 Å². The quantitative estimate of drug-likeness (QED) is 0.600. The van der Waals surface area contributed by atoms with Gasteiger partial charge in [-0.2, -0.15) is 0 Å². The largest absolute Gasteiger partial charge is 0.427 e. The molecule has 1 aromatic carbocycles. The number of hydrogen-bond donors (Lipinski definition) is 2. The molecule has 0 bridgehead atoms. The first-order chi connectivity index (χ1) is 7.99. The maximum Gasteiger partial charge on any atom is 0.308 e. The van der Waals surface area contributed by atoms with Crippen molar-refractivity contribution in [2.75, 3.05) is 0 Å². The van der Waals surface area contributed by atoms with Gasteiger partial charge in [-0.1, -0.05) is 12.1 Å². The van der Waals surface area contributed by atoms with Gasteiger partial charge in [-0.3, -0.25) is 4.79 Å². The number of aliphatic hydroxyl groups excluding tert-OH is 1. The van der Waals surface area contributed by atoms with E-state index in [1.807, 2.05) is 0 Å². The normalized spacial score (nSPS) is 28.1. The predicted octanol–water partition coefficient (Wildman–Crippen LogP) is 1.34. The van der Waals surface area contributed by atoms with Gasteiger partial charge in [-0.05, 0) is 30.5 Å². The van der Waals surface area contributed by atoms with Crippen LogP contribution in [0, 0.1) is 0 Å². The first-order valence-corrected chi connectivity index (χ1v) is 5.69. The zero-order chi connectivity index (χ0) is 12.5. The van der Waals surface area contributed by atoms with E-state index in [0.29, 0.717) is 25.0 Å². The van der Waals surface area contributed by atoms with E-state index < -0.39 is 11.7 Å². The molecule has 0 heterocycles. The van der Waals surface area contributed by atoms with Crippen molar-refractivity contribution in [1.29, 1.82) is 0 Å². The monoisotopic (exact) mass is 236 g/mol. The van der Waals surface area contributed by atoms with E-state index in [0.717, 1.165) is 5.56 Å². The van der Waals surface area contributed by atoms with Crippen molar-refractivity contribution in [3.8, 4) is 5.75 Å². The van der Waals surface area contributed by atoms with E-state index in [1.54, 1.807) is 24.3 Å². The molecule has 2 rings (SSSR count). The lowest BCUT2D eigenvalue weighted by Crippen LogP contribution is -2.22. The Labute approximate surface area is 99.8 Å². The smallest absolute Gasteiger partial charge is 0.308 e. The molecule has 4 nitrogen and oxygen atoms in total. The van der Waals surface area contributed by atoms with Crippen molar-refractivity contribution in [2.45, 2.75) is 37.9 Å².